The quantitative estimate of drug-likeness (QED) is 0.555. The van der Waals surface area contributed by atoms with Gasteiger partial charge in [-0.25, -0.2) is 9.78 Å². The second-order valence-corrected chi connectivity index (χ2v) is 3.61. The molecule has 0 aromatic heterocycles. The minimum atomic E-state index is -0.0932. The molecule has 1 atom stereocenters. The molecule has 68 valence electrons. The molecule has 3 heteroatoms. The summed E-state index contributed by atoms with van der Waals surface area (Å²) in [7, 11) is 0. The minimum Gasteiger partial charge on any atom is -0.232 e. The van der Waals surface area contributed by atoms with Gasteiger partial charge in [0.25, 0.3) is 0 Å². The zero-order chi connectivity index (χ0) is 9.10. The Hall–Kier alpha value is -0.640. The molecule has 0 N–H and O–H groups in total. The maximum atomic E-state index is 5.13. The lowest BCUT2D eigenvalue weighted by molar-refractivity contribution is -0.315. The fourth-order valence-electron chi connectivity index (χ4n) is 1.22. The Kier molecular flexibility index (Phi) is 2.78. The first-order chi connectivity index (χ1) is 6.38. The van der Waals surface area contributed by atoms with Gasteiger partial charge in [0.05, 0.1) is 0 Å². The summed E-state index contributed by atoms with van der Waals surface area (Å²) in [5.41, 5.74) is 1.08. The van der Waals surface area contributed by atoms with Crippen LogP contribution in [0.3, 0.4) is 0 Å². The van der Waals surface area contributed by atoms with Crippen molar-refractivity contribution in [3.05, 3.63) is 46.5 Å². The Morgan fingerprint density at radius 2 is 2.15 bits per heavy atom. The van der Waals surface area contributed by atoms with Crippen LogP contribution in [0, 0.1) is 0 Å². The van der Waals surface area contributed by atoms with E-state index in [1.807, 2.05) is 36.4 Å². The fraction of sp³-hybridized carbons (Fsp3) is 0.200. The zero-order valence-electron chi connectivity index (χ0n) is 6.94. The van der Waals surface area contributed by atoms with E-state index in [1.165, 1.54) is 0 Å². The summed E-state index contributed by atoms with van der Waals surface area (Å²) in [5, 5.41) is 0. The predicted octanol–water partition coefficient (Wildman–Crippen LogP) is 3.01. The third kappa shape index (κ3) is 1.99. The van der Waals surface area contributed by atoms with Gasteiger partial charge in [-0.15, -0.1) is 0 Å². The number of hydrogen-bond donors (Lipinski definition) is 0. The van der Waals surface area contributed by atoms with Crippen LogP contribution in [0.15, 0.2) is 40.9 Å². The molecule has 0 radical (unpaired) electrons. The number of benzene rings is 1. The van der Waals surface area contributed by atoms with E-state index in [0.29, 0.717) is 6.61 Å². The Morgan fingerprint density at radius 3 is 2.85 bits per heavy atom. The highest BCUT2D eigenvalue weighted by Gasteiger charge is 2.14. The van der Waals surface area contributed by atoms with E-state index < -0.39 is 0 Å². The lowest BCUT2D eigenvalue weighted by Gasteiger charge is -2.17. The molecule has 1 aromatic rings. The van der Waals surface area contributed by atoms with E-state index in [1.54, 1.807) is 0 Å². The largest absolute Gasteiger partial charge is 0.232 e. The predicted molar refractivity (Wildman–Crippen MR) is 53.1 cm³/mol. The molecule has 0 amide bonds. The normalized spacial score (nSPS) is 21.8. The number of rotatable bonds is 1. The van der Waals surface area contributed by atoms with E-state index in [4.69, 9.17) is 9.78 Å². The smallest absolute Gasteiger partial charge is 0.137 e. The molecule has 0 spiro atoms. The molecule has 0 unspecified atom stereocenters. The average molecular weight is 241 g/mol. The minimum absolute atomic E-state index is 0.0932. The molecule has 0 bridgehead atoms. The zero-order valence-corrected chi connectivity index (χ0v) is 8.53. The molecule has 0 saturated heterocycles. The Balaban J connectivity index is 2.29. The summed E-state index contributed by atoms with van der Waals surface area (Å²) < 4.78 is 1.04. The van der Waals surface area contributed by atoms with Crippen molar-refractivity contribution in [1.29, 1.82) is 0 Å². The van der Waals surface area contributed by atoms with Crippen molar-refractivity contribution < 1.29 is 9.78 Å². The fourth-order valence-corrected chi connectivity index (χ4v) is 1.73. The van der Waals surface area contributed by atoms with Crippen LogP contribution in [0.4, 0.5) is 0 Å². The van der Waals surface area contributed by atoms with E-state index in [0.717, 1.165) is 10.0 Å². The van der Waals surface area contributed by atoms with E-state index in [-0.39, 0.29) is 6.10 Å². The van der Waals surface area contributed by atoms with E-state index in [2.05, 4.69) is 15.9 Å². The van der Waals surface area contributed by atoms with Crippen molar-refractivity contribution in [3.8, 4) is 0 Å². The molecule has 1 aliphatic rings. The van der Waals surface area contributed by atoms with Crippen molar-refractivity contribution >= 4 is 15.9 Å². The molecule has 2 nitrogen and oxygen atoms in total. The lowest BCUT2D eigenvalue weighted by Crippen LogP contribution is -2.08. The van der Waals surface area contributed by atoms with Crippen LogP contribution in [-0.4, -0.2) is 6.61 Å². The van der Waals surface area contributed by atoms with Gasteiger partial charge in [0, 0.05) is 10.0 Å². The lowest BCUT2D eigenvalue weighted by atomic mass is 10.1. The molecule has 13 heavy (non-hydrogen) atoms. The van der Waals surface area contributed by atoms with Crippen molar-refractivity contribution in [3.63, 3.8) is 0 Å². The highest BCUT2D eigenvalue weighted by atomic mass is 79.9. The molecular weight excluding hydrogens is 232 g/mol. The Labute approximate surface area is 85.2 Å². The molecule has 1 aromatic carbocycles. The molecule has 0 saturated carbocycles. The molecular formula is C10H9BrO2. The van der Waals surface area contributed by atoms with E-state index in [9.17, 15) is 0 Å². The van der Waals surface area contributed by atoms with Gasteiger partial charge in [0.2, 0.25) is 0 Å². The van der Waals surface area contributed by atoms with Gasteiger partial charge in [0.1, 0.15) is 12.7 Å². The summed E-state index contributed by atoms with van der Waals surface area (Å²) in [6.45, 7) is 0.529. The maximum Gasteiger partial charge on any atom is 0.137 e. The summed E-state index contributed by atoms with van der Waals surface area (Å²) in [6, 6.07) is 7.95. The van der Waals surface area contributed by atoms with Crippen molar-refractivity contribution in [2.75, 3.05) is 6.61 Å². The third-order valence-corrected chi connectivity index (χ3v) is 2.58. The highest BCUT2D eigenvalue weighted by molar-refractivity contribution is 9.10. The van der Waals surface area contributed by atoms with Crippen LogP contribution >= 0.6 is 15.9 Å². The topological polar surface area (TPSA) is 18.5 Å². The van der Waals surface area contributed by atoms with Crippen LogP contribution < -0.4 is 0 Å². The van der Waals surface area contributed by atoms with Gasteiger partial charge in [-0.3, -0.25) is 0 Å². The van der Waals surface area contributed by atoms with Gasteiger partial charge in [-0.05, 0) is 12.1 Å². The first kappa shape index (κ1) is 8.94. The van der Waals surface area contributed by atoms with Crippen molar-refractivity contribution in [2.24, 2.45) is 0 Å². The monoisotopic (exact) mass is 240 g/mol. The standard InChI is InChI=1S/C10H9BrO2/c11-9-5-2-1-4-8(9)10-6-3-7-12-13-10/h1-6,10H,7H2/t10-/m0/s1. The van der Waals surface area contributed by atoms with Crippen LogP contribution in [0.25, 0.3) is 0 Å². The first-order valence-electron chi connectivity index (χ1n) is 4.07. The summed E-state index contributed by atoms with van der Waals surface area (Å²) in [5.74, 6) is 0. The van der Waals surface area contributed by atoms with Gasteiger partial charge in [0.15, 0.2) is 0 Å². The van der Waals surface area contributed by atoms with Crippen LogP contribution in [0.5, 0.6) is 0 Å². The Morgan fingerprint density at radius 1 is 1.31 bits per heavy atom. The van der Waals surface area contributed by atoms with E-state index >= 15 is 0 Å². The van der Waals surface area contributed by atoms with Crippen LogP contribution in [-0.2, 0) is 9.78 Å². The second kappa shape index (κ2) is 4.05. The number of hydrogen-bond acceptors (Lipinski definition) is 2. The second-order valence-electron chi connectivity index (χ2n) is 2.75. The van der Waals surface area contributed by atoms with Crippen molar-refractivity contribution in [1.82, 2.24) is 0 Å². The molecule has 1 aliphatic heterocycles. The maximum absolute atomic E-state index is 5.13. The first-order valence-corrected chi connectivity index (χ1v) is 4.86. The summed E-state index contributed by atoms with van der Waals surface area (Å²) >= 11 is 3.46. The number of halogens is 1. The summed E-state index contributed by atoms with van der Waals surface area (Å²) in [6.07, 6.45) is 3.85. The van der Waals surface area contributed by atoms with Gasteiger partial charge >= 0.3 is 0 Å². The summed E-state index contributed by atoms with van der Waals surface area (Å²) in [4.78, 5) is 10.0. The molecule has 1 heterocycles. The van der Waals surface area contributed by atoms with Gasteiger partial charge in [-0.1, -0.05) is 40.2 Å². The SMILES string of the molecule is Brc1ccccc1[C@@H]1C=CCOO1. The van der Waals surface area contributed by atoms with Crippen molar-refractivity contribution in [2.45, 2.75) is 6.10 Å². The molecule has 0 aliphatic carbocycles. The van der Waals surface area contributed by atoms with Gasteiger partial charge < -0.3 is 0 Å². The van der Waals surface area contributed by atoms with Gasteiger partial charge in [-0.2, -0.15) is 0 Å². The Bertz CT molecular complexity index is 322. The third-order valence-electron chi connectivity index (χ3n) is 1.86. The van der Waals surface area contributed by atoms with Crippen LogP contribution in [0.2, 0.25) is 0 Å². The highest BCUT2D eigenvalue weighted by Crippen LogP contribution is 2.28. The average Bonchev–Trinajstić information content (AvgIpc) is 2.20. The van der Waals surface area contributed by atoms with Crippen LogP contribution in [0.1, 0.15) is 11.7 Å². The molecule has 2 rings (SSSR count). The molecule has 0 fully saturated rings.